The Labute approximate surface area is 199 Å². The molecule has 1 aliphatic heterocycles. The molecule has 0 amide bonds. The lowest BCUT2D eigenvalue weighted by molar-refractivity contribution is 0.381. The van der Waals surface area contributed by atoms with Gasteiger partial charge in [0.25, 0.3) is 0 Å². The van der Waals surface area contributed by atoms with Gasteiger partial charge in [-0.25, -0.2) is 22.9 Å². The van der Waals surface area contributed by atoms with Gasteiger partial charge in [-0.1, -0.05) is 12.1 Å². The van der Waals surface area contributed by atoms with Crippen molar-refractivity contribution in [3.05, 3.63) is 72.1 Å². The first-order valence-electron chi connectivity index (χ1n) is 11.0. The van der Waals surface area contributed by atoms with E-state index >= 15 is 0 Å². The molecule has 5 rings (SSSR count). The zero-order chi connectivity index (χ0) is 23.5. The zero-order valence-electron chi connectivity index (χ0n) is 18.7. The first-order chi connectivity index (χ1) is 16.6. The van der Waals surface area contributed by atoms with Crippen LogP contribution >= 0.6 is 0 Å². The molecular formula is C24H24FN7OS. The molecule has 0 bridgehead atoms. The number of benzene rings is 2. The summed E-state index contributed by atoms with van der Waals surface area (Å²) < 4.78 is 29.1. The van der Waals surface area contributed by atoms with Gasteiger partial charge in [0.15, 0.2) is 0 Å². The number of halogens is 1. The Morgan fingerprint density at radius 3 is 2.56 bits per heavy atom. The van der Waals surface area contributed by atoms with Crippen molar-refractivity contribution in [2.24, 2.45) is 0 Å². The van der Waals surface area contributed by atoms with Gasteiger partial charge < -0.3 is 10.6 Å². The number of nitrogens with one attached hydrogen (secondary N) is 2. The minimum atomic E-state index is -1.40. The van der Waals surface area contributed by atoms with Crippen molar-refractivity contribution in [1.82, 2.24) is 29.8 Å². The van der Waals surface area contributed by atoms with Crippen LogP contribution in [0.4, 0.5) is 10.2 Å². The summed E-state index contributed by atoms with van der Waals surface area (Å²) in [5.74, 6) is 0.300. The Bertz CT molecular complexity index is 1330. The van der Waals surface area contributed by atoms with E-state index in [0.29, 0.717) is 35.9 Å². The van der Waals surface area contributed by atoms with Gasteiger partial charge in [0.05, 0.1) is 28.3 Å². The Kier molecular flexibility index (Phi) is 6.52. The SMILES string of the molecule is Cc1ccc(CNc2ncnc3c(S(=O)N4CCNCC4)cc(-c4ccc(F)cc4)cc23)nn1. The van der Waals surface area contributed by atoms with E-state index in [2.05, 4.69) is 30.8 Å². The maximum absolute atomic E-state index is 13.6. The lowest BCUT2D eigenvalue weighted by Crippen LogP contribution is -2.44. The fourth-order valence-electron chi connectivity index (χ4n) is 3.86. The number of aryl methyl sites for hydroxylation is 1. The first kappa shape index (κ1) is 22.5. The first-order valence-corrected chi connectivity index (χ1v) is 12.1. The average molecular weight is 478 g/mol. The van der Waals surface area contributed by atoms with Crippen molar-refractivity contribution in [3.63, 3.8) is 0 Å². The Morgan fingerprint density at radius 1 is 1.03 bits per heavy atom. The molecule has 174 valence electrons. The summed E-state index contributed by atoms with van der Waals surface area (Å²) in [6.45, 7) is 5.23. The van der Waals surface area contributed by atoms with Crippen LogP contribution < -0.4 is 10.6 Å². The van der Waals surface area contributed by atoms with Gasteiger partial charge in [0.1, 0.15) is 28.9 Å². The van der Waals surface area contributed by atoms with E-state index in [0.717, 1.165) is 41.0 Å². The third-order valence-corrected chi connectivity index (χ3v) is 7.19. The molecule has 34 heavy (non-hydrogen) atoms. The van der Waals surface area contributed by atoms with Gasteiger partial charge in [-0.15, -0.1) is 0 Å². The van der Waals surface area contributed by atoms with Crippen LogP contribution in [-0.2, 0) is 17.5 Å². The van der Waals surface area contributed by atoms with Crippen LogP contribution in [0.15, 0.2) is 59.8 Å². The minimum absolute atomic E-state index is 0.306. The van der Waals surface area contributed by atoms with Crippen molar-refractivity contribution in [3.8, 4) is 11.1 Å². The van der Waals surface area contributed by atoms with E-state index in [4.69, 9.17) is 0 Å². The molecule has 1 saturated heterocycles. The van der Waals surface area contributed by atoms with E-state index < -0.39 is 11.0 Å². The predicted octanol–water partition coefficient (Wildman–Crippen LogP) is 3.07. The molecule has 8 nitrogen and oxygen atoms in total. The molecule has 1 unspecified atom stereocenters. The summed E-state index contributed by atoms with van der Waals surface area (Å²) in [6.07, 6.45) is 1.47. The molecule has 0 saturated carbocycles. The maximum Gasteiger partial charge on any atom is 0.137 e. The number of aromatic nitrogens is 4. The second kappa shape index (κ2) is 9.88. The lowest BCUT2D eigenvalue weighted by Gasteiger charge is -2.26. The predicted molar refractivity (Wildman–Crippen MR) is 130 cm³/mol. The molecule has 2 aromatic carbocycles. The van der Waals surface area contributed by atoms with Crippen LogP contribution in [0.3, 0.4) is 0 Å². The second-order valence-corrected chi connectivity index (χ2v) is 9.50. The normalized spacial score (nSPS) is 15.4. The van der Waals surface area contributed by atoms with Crippen LogP contribution in [0.2, 0.25) is 0 Å². The van der Waals surface area contributed by atoms with Crippen LogP contribution in [0, 0.1) is 12.7 Å². The average Bonchev–Trinajstić information content (AvgIpc) is 2.88. The van der Waals surface area contributed by atoms with Gasteiger partial charge >= 0.3 is 0 Å². The minimum Gasteiger partial charge on any atom is -0.364 e. The summed E-state index contributed by atoms with van der Waals surface area (Å²) in [5, 5.41) is 15.6. The molecule has 1 aliphatic rings. The number of nitrogens with zero attached hydrogens (tertiary/aromatic N) is 5. The van der Waals surface area contributed by atoms with Crippen molar-refractivity contribution in [2.45, 2.75) is 18.4 Å². The van der Waals surface area contributed by atoms with E-state index in [1.165, 1.54) is 18.5 Å². The highest BCUT2D eigenvalue weighted by Crippen LogP contribution is 2.32. The number of fused-ring (bicyclic) bond motifs is 1. The van der Waals surface area contributed by atoms with Crippen LogP contribution in [0.25, 0.3) is 22.0 Å². The summed E-state index contributed by atoms with van der Waals surface area (Å²) in [4.78, 5) is 9.56. The molecule has 1 atom stereocenters. The quantitative estimate of drug-likeness (QED) is 0.441. The number of hydrogen-bond acceptors (Lipinski definition) is 7. The number of anilines is 1. The highest BCUT2D eigenvalue weighted by Gasteiger charge is 2.22. The molecular weight excluding hydrogens is 453 g/mol. The molecule has 2 aromatic heterocycles. The highest BCUT2D eigenvalue weighted by atomic mass is 32.2. The van der Waals surface area contributed by atoms with Crippen LogP contribution in [0.5, 0.6) is 0 Å². The summed E-state index contributed by atoms with van der Waals surface area (Å²) >= 11 is 0. The number of rotatable bonds is 6. The van der Waals surface area contributed by atoms with E-state index in [-0.39, 0.29) is 5.82 Å². The fourth-order valence-corrected chi connectivity index (χ4v) is 5.21. The molecule has 3 heterocycles. The molecule has 0 aliphatic carbocycles. The van der Waals surface area contributed by atoms with E-state index in [1.807, 2.05) is 35.5 Å². The van der Waals surface area contributed by atoms with E-state index in [1.54, 1.807) is 12.1 Å². The topological polar surface area (TPSA) is 95.9 Å². The van der Waals surface area contributed by atoms with Gasteiger partial charge in [-0.3, -0.25) is 0 Å². The Hall–Kier alpha value is -3.34. The second-order valence-electron chi connectivity index (χ2n) is 8.05. The summed E-state index contributed by atoms with van der Waals surface area (Å²) in [7, 11) is -1.40. The van der Waals surface area contributed by atoms with E-state index in [9.17, 15) is 8.60 Å². The highest BCUT2D eigenvalue weighted by molar-refractivity contribution is 7.83. The molecule has 10 heteroatoms. The zero-order valence-corrected chi connectivity index (χ0v) is 19.5. The van der Waals surface area contributed by atoms with Gasteiger partial charge in [0.2, 0.25) is 0 Å². The van der Waals surface area contributed by atoms with Crippen molar-refractivity contribution < 1.29 is 8.60 Å². The fraction of sp³-hybridized carbons (Fsp3) is 0.250. The summed E-state index contributed by atoms with van der Waals surface area (Å²) in [5.41, 5.74) is 3.88. The Balaban J connectivity index is 1.59. The summed E-state index contributed by atoms with van der Waals surface area (Å²) in [6, 6.07) is 13.9. The molecule has 2 N–H and O–H groups in total. The van der Waals surface area contributed by atoms with Crippen molar-refractivity contribution in [1.29, 1.82) is 0 Å². The lowest BCUT2D eigenvalue weighted by atomic mass is 10.0. The molecule has 0 spiro atoms. The van der Waals surface area contributed by atoms with Gasteiger partial charge in [0, 0.05) is 31.6 Å². The molecule has 4 aromatic rings. The Morgan fingerprint density at radius 2 is 1.82 bits per heavy atom. The third kappa shape index (κ3) is 4.79. The monoisotopic (exact) mass is 477 g/mol. The van der Waals surface area contributed by atoms with Crippen LogP contribution in [0.1, 0.15) is 11.4 Å². The largest absolute Gasteiger partial charge is 0.364 e. The number of piperazine rings is 1. The standard InChI is InChI=1S/C24H24FN7OS/c1-16-2-7-20(31-30-16)14-27-24-21-12-18(17-3-5-19(25)6-4-17)13-22(23(21)28-15-29-24)34(33)32-10-8-26-9-11-32/h2-7,12-13,15,26H,8-11,14H2,1H3,(H,27,28,29). The van der Waals surface area contributed by atoms with Gasteiger partial charge in [-0.05, 0) is 54.4 Å². The smallest absolute Gasteiger partial charge is 0.137 e. The van der Waals surface area contributed by atoms with Crippen molar-refractivity contribution >= 4 is 27.7 Å². The third-order valence-electron chi connectivity index (χ3n) is 5.67. The van der Waals surface area contributed by atoms with Gasteiger partial charge in [-0.2, -0.15) is 10.2 Å². The number of hydrogen-bond donors (Lipinski definition) is 2. The molecule has 0 radical (unpaired) electrons. The molecule has 1 fully saturated rings. The maximum atomic E-state index is 13.6. The van der Waals surface area contributed by atoms with Crippen molar-refractivity contribution in [2.75, 3.05) is 31.5 Å². The van der Waals surface area contributed by atoms with Crippen LogP contribution in [-0.4, -0.2) is 54.9 Å².